The second-order valence-corrected chi connectivity index (χ2v) is 4.25. The highest BCUT2D eigenvalue weighted by atomic mass is 16.5. The highest BCUT2D eigenvalue weighted by Gasteiger charge is 2.22. The number of nitrogens with zero attached hydrogens (tertiary/aromatic N) is 1. The maximum absolute atomic E-state index is 8.84. The summed E-state index contributed by atoms with van der Waals surface area (Å²) in [4.78, 5) is 2.50. The molecule has 1 fully saturated rings. The fraction of sp³-hybridized carbons (Fsp3) is 1.00. The van der Waals surface area contributed by atoms with Gasteiger partial charge in [0.05, 0.1) is 0 Å². The van der Waals surface area contributed by atoms with Gasteiger partial charge in [0.2, 0.25) is 0 Å². The first-order valence-corrected chi connectivity index (χ1v) is 5.70. The lowest BCUT2D eigenvalue weighted by molar-refractivity contribution is 0.0203. The third kappa shape index (κ3) is 3.56. The normalized spacial score (nSPS) is 19.5. The molecule has 3 nitrogen and oxygen atoms in total. The zero-order valence-electron chi connectivity index (χ0n) is 9.41. The van der Waals surface area contributed by atoms with Crippen LogP contribution in [0.3, 0.4) is 0 Å². The molecule has 0 spiro atoms. The Bertz CT molecular complexity index is 144. The number of hydrogen-bond donors (Lipinski definition) is 1. The van der Waals surface area contributed by atoms with Crippen LogP contribution in [-0.2, 0) is 4.74 Å². The maximum atomic E-state index is 8.84. The van der Waals surface area contributed by atoms with Crippen LogP contribution >= 0.6 is 0 Å². The molecular weight excluding hydrogens is 178 g/mol. The molecule has 1 rings (SSSR count). The molecule has 0 aromatic rings. The topological polar surface area (TPSA) is 32.7 Å². The summed E-state index contributed by atoms with van der Waals surface area (Å²) in [5, 5.41) is 8.84. The Balaban J connectivity index is 2.39. The molecule has 84 valence electrons. The van der Waals surface area contributed by atoms with Gasteiger partial charge in [-0.15, -0.1) is 0 Å². The van der Waals surface area contributed by atoms with Gasteiger partial charge in [-0.3, -0.25) is 4.90 Å². The lowest BCUT2D eigenvalue weighted by Gasteiger charge is -2.37. The predicted molar refractivity (Wildman–Crippen MR) is 57.4 cm³/mol. The van der Waals surface area contributed by atoms with Gasteiger partial charge in [-0.2, -0.15) is 0 Å². The van der Waals surface area contributed by atoms with Crippen LogP contribution in [0.2, 0.25) is 0 Å². The van der Waals surface area contributed by atoms with Gasteiger partial charge in [-0.1, -0.05) is 0 Å². The summed E-state index contributed by atoms with van der Waals surface area (Å²) in [5.41, 5.74) is 0. The zero-order chi connectivity index (χ0) is 10.4. The fourth-order valence-electron chi connectivity index (χ4n) is 2.13. The Hall–Kier alpha value is -0.120. The van der Waals surface area contributed by atoms with E-state index in [1.54, 1.807) is 0 Å². The summed E-state index contributed by atoms with van der Waals surface area (Å²) in [7, 11) is 0. The number of hydrogen-bond acceptors (Lipinski definition) is 3. The zero-order valence-corrected chi connectivity index (χ0v) is 9.41. The van der Waals surface area contributed by atoms with Gasteiger partial charge in [0, 0.05) is 38.4 Å². The van der Waals surface area contributed by atoms with Crippen molar-refractivity contribution in [1.29, 1.82) is 0 Å². The number of rotatable bonds is 5. The van der Waals surface area contributed by atoms with E-state index in [2.05, 4.69) is 18.7 Å². The minimum absolute atomic E-state index is 0.298. The lowest BCUT2D eigenvalue weighted by atomic mass is 10.1. The van der Waals surface area contributed by atoms with Gasteiger partial charge < -0.3 is 9.84 Å². The Morgan fingerprint density at radius 1 is 1.36 bits per heavy atom. The van der Waals surface area contributed by atoms with Gasteiger partial charge in [0.1, 0.15) is 0 Å². The summed E-state index contributed by atoms with van der Waals surface area (Å²) in [6.07, 6.45) is 3.17. The van der Waals surface area contributed by atoms with Crippen LogP contribution in [0.25, 0.3) is 0 Å². The van der Waals surface area contributed by atoms with Gasteiger partial charge in [0.15, 0.2) is 0 Å². The molecule has 14 heavy (non-hydrogen) atoms. The maximum Gasteiger partial charge on any atom is 0.0480 e. The molecule has 0 saturated carbocycles. The Labute approximate surface area is 87.1 Å². The second kappa shape index (κ2) is 6.38. The highest BCUT2D eigenvalue weighted by molar-refractivity contribution is 4.76. The molecular formula is C11H23NO2. The molecule has 1 saturated heterocycles. The van der Waals surface area contributed by atoms with Crippen molar-refractivity contribution >= 4 is 0 Å². The smallest absolute Gasteiger partial charge is 0.0480 e. The Morgan fingerprint density at radius 2 is 2.00 bits per heavy atom. The molecule has 0 aromatic heterocycles. The van der Waals surface area contributed by atoms with E-state index in [0.29, 0.717) is 18.7 Å². The van der Waals surface area contributed by atoms with E-state index in [1.807, 2.05) is 0 Å². The minimum Gasteiger partial charge on any atom is -0.396 e. The Morgan fingerprint density at radius 3 is 2.50 bits per heavy atom. The molecule has 1 N–H and O–H groups in total. The van der Waals surface area contributed by atoms with Crippen molar-refractivity contribution in [2.45, 2.75) is 45.2 Å². The van der Waals surface area contributed by atoms with Crippen LogP contribution in [-0.4, -0.2) is 48.5 Å². The molecule has 3 heteroatoms. The molecule has 0 aliphatic carbocycles. The highest BCUT2D eigenvalue weighted by Crippen LogP contribution is 2.17. The lowest BCUT2D eigenvalue weighted by Crippen LogP contribution is -2.44. The van der Waals surface area contributed by atoms with Crippen molar-refractivity contribution < 1.29 is 9.84 Å². The molecule has 0 unspecified atom stereocenters. The van der Waals surface area contributed by atoms with E-state index in [9.17, 15) is 0 Å². The van der Waals surface area contributed by atoms with Gasteiger partial charge >= 0.3 is 0 Å². The molecule has 0 atom stereocenters. The van der Waals surface area contributed by atoms with Crippen molar-refractivity contribution in [3.05, 3.63) is 0 Å². The van der Waals surface area contributed by atoms with E-state index in [0.717, 1.165) is 39.0 Å². The van der Waals surface area contributed by atoms with E-state index in [1.165, 1.54) is 0 Å². The average Bonchev–Trinajstić information content (AvgIpc) is 2.19. The Kier molecular flexibility index (Phi) is 5.45. The van der Waals surface area contributed by atoms with Crippen molar-refractivity contribution in [1.82, 2.24) is 4.90 Å². The van der Waals surface area contributed by atoms with E-state index in [-0.39, 0.29) is 0 Å². The minimum atomic E-state index is 0.298. The van der Waals surface area contributed by atoms with E-state index >= 15 is 0 Å². The first-order chi connectivity index (χ1) is 6.75. The first kappa shape index (κ1) is 12.0. The number of aliphatic hydroxyl groups is 1. The SMILES string of the molecule is CC(C)N(CCCO)C1CCOCC1. The van der Waals surface area contributed by atoms with Crippen LogP contribution in [0.4, 0.5) is 0 Å². The standard InChI is InChI=1S/C11H23NO2/c1-10(2)12(6-3-7-13)11-4-8-14-9-5-11/h10-11,13H,3-9H2,1-2H3. The number of ether oxygens (including phenoxy) is 1. The molecule has 0 aromatic carbocycles. The third-order valence-corrected chi connectivity index (χ3v) is 2.90. The largest absolute Gasteiger partial charge is 0.396 e. The van der Waals surface area contributed by atoms with Crippen molar-refractivity contribution in [3.63, 3.8) is 0 Å². The quantitative estimate of drug-likeness (QED) is 0.727. The third-order valence-electron chi connectivity index (χ3n) is 2.90. The average molecular weight is 201 g/mol. The molecule has 0 bridgehead atoms. The summed E-state index contributed by atoms with van der Waals surface area (Å²) in [6.45, 7) is 7.56. The predicted octanol–water partition coefficient (Wildman–Crippen LogP) is 1.26. The molecule has 0 amide bonds. The van der Waals surface area contributed by atoms with Crippen molar-refractivity contribution in [2.24, 2.45) is 0 Å². The van der Waals surface area contributed by atoms with E-state index < -0.39 is 0 Å². The molecule has 1 aliphatic rings. The van der Waals surface area contributed by atoms with Crippen LogP contribution in [0, 0.1) is 0 Å². The first-order valence-electron chi connectivity index (χ1n) is 5.70. The van der Waals surface area contributed by atoms with Gasteiger partial charge in [-0.25, -0.2) is 0 Å². The fourth-order valence-corrected chi connectivity index (χ4v) is 2.13. The van der Waals surface area contributed by atoms with Crippen molar-refractivity contribution in [2.75, 3.05) is 26.4 Å². The van der Waals surface area contributed by atoms with Crippen LogP contribution in [0.5, 0.6) is 0 Å². The molecule has 1 heterocycles. The van der Waals surface area contributed by atoms with Crippen LogP contribution < -0.4 is 0 Å². The summed E-state index contributed by atoms with van der Waals surface area (Å²) >= 11 is 0. The van der Waals surface area contributed by atoms with E-state index in [4.69, 9.17) is 9.84 Å². The molecule has 1 aliphatic heterocycles. The van der Waals surface area contributed by atoms with Gasteiger partial charge in [-0.05, 0) is 33.1 Å². The summed E-state index contributed by atoms with van der Waals surface area (Å²) in [6, 6.07) is 1.24. The summed E-state index contributed by atoms with van der Waals surface area (Å²) in [5.74, 6) is 0. The number of aliphatic hydroxyl groups excluding tert-OH is 1. The van der Waals surface area contributed by atoms with Gasteiger partial charge in [0.25, 0.3) is 0 Å². The van der Waals surface area contributed by atoms with Crippen LogP contribution in [0.1, 0.15) is 33.1 Å². The van der Waals surface area contributed by atoms with Crippen molar-refractivity contribution in [3.8, 4) is 0 Å². The van der Waals surface area contributed by atoms with Crippen LogP contribution in [0.15, 0.2) is 0 Å². The second-order valence-electron chi connectivity index (χ2n) is 4.25. The molecule has 0 radical (unpaired) electrons. The summed E-state index contributed by atoms with van der Waals surface area (Å²) < 4.78 is 5.36. The monoisotopic (exact) mass is 201 g/mol.